The molecule has 0 saturated carbocycles. The highest BCUT2D eigenvalue weighted by atomic mass is 14.2. The highest BCUT2D eigenvalue weighted by Gasteiger charge is 1.88. The lowest BCUT2D eigenvalue weighted by atomic mass is 10.1. The Bertz CT molecular complexity index is 139. The van der Waals surface area contributed by atoms with Gasteiger partial charge in [0.1, 0.15) is 0 Å². The zero-order valence-electron chi connectivity index (χ0n) is 6.85. The summed E-state index contributed by atoms with van der Waals surface area (Å²) in [5.74, 6) is 0. The highest BCUT2D eigenvalue weighted by Crippen LogP contribution is 2.06. The fourth-order valence-electron chi connectivity index (χ4n) is 0.836. The largest absolute Gasteiger partial charge is 0.193 e. The van der Waals surface area contributed by atoms with Crippen LogP contribution in [0.3, 0.4) is 0 Å². The standard InChI is InChI=1S/C9H15N/c1-3-4-5-6-9(2)7-8-10/h7H,3-6H2,1-2H3/b9-7-. The van der Waals surface area contributed by atoms with Gasteiger partial charge in [0.25, 0.3) is 0 Å². The van der Waals surface area contributed by atoms with E-state index in [1.165, 1.54) is 24.8 Å². The summed E-state index contributed by atoms with van der Waals surface area (Å²) in [6.07, 6.45) is 6.47. The van der Waals surface area contributed by atoms with Crippen LogP contribution in [0.1, 0.15) is 39.5 Å². The lowest BCUT2D eigenvalue weighted by Gasteiger charge is -1.96. The molecule has 0 radical (unpaired) electrons. The monoisotopic (exact) mass is 137 g/mol. The molecular formula is C9H15N. The van der Waals surface area contributed by atoms with Gasteiger partial charge in [-0.15, -0.1) is 0 Å². The van der Waals surface area contributed by atoms with Crippen molar-refractivity contribution in [3.05, 3.63) is 11.6 Å². The minimum atomic E-state index is 1.08. The fraction of sp³-hybridized carbons (Fsp3) is 0.667. The van der Waals surface area contributed by atoms with Crippen LogP contribution in [0.15, 0.2) is 11.6 Å². The molecule has 0 heterocycles. The van der Waals surface area contributed by atoms with Gasteiger partial charge in [-0.05, 0) is 19.8 Å². The molecule has 0 bridgehead atoms. The summed E-state index contributed by atoms with van der Waals surface area (Å²) in [6, 6.07) is 2.03. The van der Waals surface area contributed by atoms with E-state index >= 15 is 0 Å². The van der Waals surface area contributed by atoms with Gasteiger partial charge in [-0.2, -0.15) is 5.26 Å². The van der Waals surface area contributed by atoms with Crippen molar-refractivity contribution < 1.29 is 0 Å². The van der Waals surface area contributed by atoms with E-state index in [9.17, 15) is 0 Å². The first-order valence-corrected chi connectivity index (χ1v) is 3.86. The molecule has 0 saturated heterocycles. The van der Waals surface area contributed by atoms with Crippen molar-refractivity contribution in [3.8, 4) is 6.07 Å². The fourth-order valence-corrected chi connectivity index (χ4v) is 0.836. The zero-order chi connectivity index (χ0) is 7.82. The Morgan fingerprint density at radius 3 is 2.70 bits per heavy atom. The second-order valence-electron chi connectivity index (χ2n) is 2.58. The Labute approximate surface area is 63.4 Å². The predicted molar refractivity (Wildman–Crippen MR) is 43.5 cm³/mol. The molecule has 1 nitrogen and oxygen atoms in total. The number of allylic oxidation sites excluding steroid dienone is 2. The van der Waals surface area contributed by atoms with Crippen LogP contribution < -0.4 is 0 Å². The number of hydrogen-bond acceptors (Lipinski definition) is 1. The maximum absolute atomic E-state index is 8.27. The molecule has 0 unspecified atom stereocenters. The molecular weight excluding hydrogens is 122 g/mol. The van der Waals surface area contributed by atoms with Crippen molar-refractivity contribution in [2.45, 2.75) is 39.5 Å². The SMILES string of the molecule is CCCCC/C(C)=C\C#N. The molecule has 0 spiro atoms. The first kappa shape index (κ1) is 9.23. The Balaban J connectivity index is 3.32. The quantitative estimate of drug-likeness (QED) is 0.431. The van der Waals surface area contributed by atoms with Crippen molar-refractivity contribution in [1.82, 2.24) is 0 Å². The third kappa shape index (κ3) is 5.37. The van der Waals surface area contributed by atoms with E-state index in [0.29, 0.717) is 0 Å². The van der Waals surface area contributed by atoms with E-state index in [1.54, 1.807) is 6.08 Å². The van der Waals surface area contributed by atoms with E-state index in [-0.39, 0.29) is 0 Å². The molecule has 0 N–H and O–H groups in total. The lowest BCUT2D eigenvalue weighted by molar-refractivity contribution is 0.713. The molecule has 0 fully saturated rings. The van der Waals surface area contributed by atoms with Gasteiger partial charge < -0.3 is 0 Å². The first-order valence-electron chi connectivity index (χ1n) is 3.86. The second-order valence-corrected chi connectivity index (χ2v) is 2.58. The van der Waals surface area contributed by atoms with Crippen LogP contribution >= 0.6 is 0 Å². The van der Waals surface area contributed by atoms with E-state index in [0.717, 1.165) is 6.42 Å². The first-order chi connectivity index (χ1) is 4.81. The highest BCUT2D eigenvalue weighted by molar-refractivity contribution is 5.10. The van der Waals surface area contributed by atoms with Crippen LogP contribution in [0.2, 0.25) is 0 Å². The van der Waals surface area contributed by atoms with Crippen LogP contribution in [0, 0.1) is 11.3 Å². The zero-order valence-corrected chi connectivity index (χ0v) is 6.85. The third-order valence-electron chi connectivity index (χ3n) is 1.49. The normalized spacial score (nSPS) is 11.1. The van der Waals surface area contributed by atoms with E-state index < -0.39 is 0 Å². The van der Waals surface area contributed by atoms with Crippen LogP contribution in [0.5, 0.6) is 0 Å². The summed E-state index contributed by atoms with van der Waals surface area (Å²) >= 11 is 0. The van der Waals surface area contributed by atoms with Gasteiger partial charge in [0, 0.05) is 6.08 Å². The Kier molecular flexibility index (Phi) is 5.86. The topological polar surface area (TPSA) is 23.8 Å². The van der Waals surface area contributed by atoms with Gasteiger partial charge in [0.2, 0.25) is 0 Å². The average Bonchev–Trinajstić information content (AvgIpc) is 1.89. The smallest absolute Gasteiger partial charge is 0.0911 e. The number of hydrogen-bond donors (Lipinski definition) is 0. The summed E-state index contributed by atoms with van der Waals surface area (Å²) in [5, 5.41) is 8.27. The Morgan fingerprint density at radius 1 is 1.50 bits per heavy atom. The molecule has 0 aliphatic rings. The number of rotatable bonds is 4. The van der Waals surface area contributed by atoms with E-state index in [4.69, 9.17) is 5.26 Å². The van der Waals surface area contributed by atoms with Crippen molar-refractivity contribution in [3.63, 3.8) is 0 Å². The van der Waals surface area contributed by atoms with Gasteiger partial charge in [0.05, 0.1) is 6.07 Å². The third-order valence-corrected chi connectivity index (χ3v) is 1.49. The predicted octanol–water partition coefficient (Wildman–Crippen LogP) is 3.04. The van der Waals surface area contributed by atoms with Gasteiger partial charge in [-0.25, -0.2) is 0 Å². The van der Waals surface area contributed by atoms with E-state index in [2.05, 4.69) is 6.92 Å². The summed E-state index contributed by atoms with van der Waals surface area (Å²) in [6.45, 7) is 4.20. The maximum Gasteiger partial charge on any atom is 0.0911 e. The van der Waals surface area contributed by atoms with Crippen molar-refractivity contribution in [2.24, 2.45) is 0 Å². The summed E-state index contributed by atoms with van der Waals surface area (Å²) in [7, 11) is 0. The van der Waals surface area contributed by atoms with Gasteiger partial charge in [-0.1, -0.05) is 25.3 Å². The number of nitriles is 1. The minimum absolute atomic E-state index is 1.08. The Hall–Kier alpha value is -0.770. The van der Waals surface area contributed by atoms with Crippen molar-refractivity contribution in [2.75, 3.05) is 0 Å². The van der Waals surface area contributed by atoms with Gasteiger partial charge in [0.15, 0.2) is 0 Å². The molecule has 0 atom stereocenters. The molecule has 56 valence electrons. The second kappa shape index (κ2) is 6.35. The molecule has 0 amide bonds. The average molecular weight is 137 g/mol. The van der Waals surface area contributed by atoms with Gasteiger partial charge >= 0.3 is 0 Å². The molecule has 0 aliphatic heterocycles. The summed E-state index contributed by atoms with van der Waals surface area (Å²) in [4.78, 5) is 0. The summed E-state index contributed by atoms with van der Waals surface area (Å²) < 4.78 is 0. The molecule has 10 heavy (non-hydrogen) atoms. The van der Waals surface area contributed by atoms with Crippen molar-refractivity contribution >= 4 is 0 Å². The molecule has 0 aliphatic carbocycles. The lowest BCUT2D eigenvalue weighted by Crippen LogP contribution is -1.77. The number of unbranched alkanes of at least 4 members (excludes halogenated alkanes) is 2. The molecule has 0 aromatic rings. The van der Waals surface area contributed by atoms with Crippen molar-refractivity contribution in [1.29, 1.82) is 5.26 Å². The molecule has 1 heteroatoms. The minimum Gasteiger partial charge on any atom is -0.193 e. The van der Waals surface area contributed by atoms with Crippen LogP contribution in [0.4, 0.5) is 0 Å². The van der Waals surface area contributed by atoms with E-state index in [1.807, 2.05) is 13.0 Å². The van der Waals surface area contributed by atoms with Crippen LogP contribution in [-0.2, 0) is 0 Å². The Morgan fingerprint density at radius 2 is 2.20 bits per heavy atom. The van der Waals surface area contributed by atoms with Gasteiger partial charge in [-0.3, -0.25) is 0 Å². The molecule has 0 rings (SSSR count). The van der Waals surface area contributed by atoms with Crippen LogP contribution in [0.25, 0.3) is 0 Å². The van der Waals surface area contributed by atoms with Crippen LogP contribution in [-0.4, -0.2) is 0 Å². The maximum atomic E-state index is 8.27. The molecule has 0 aromatic carbocycles. The molecule has 0 aromatic heterocycles. The number of nitrogens with zero attached hydrogens (tertiary/aromatic N) is 1. The summed E-state index contributed by atoms with van der Waals surface area (Å²) in [5.41, 5.74) is 1.20.